The van der Waals surface area contributed by atoms with Gasteiger partial charge in [-0.3, -0.25) is 0 Å². The Morgan fingerprint density at radius 3 is 1.50 bits per heavy atom. The fraction of sp³-hybridized carbons (Fsp3) is 1.00. The van der Waals surface area contributed by atoms with Crippen molar-refractivity contribution in [1.29, 1.82) is 5.53 Å². The summed E-state index contributed by atoms with van der Waals surface area (Å²) in [5.41, 5.74) is 5.83. The second-order valence-electron chi connectivity index (χ2n) is 1.58. The third-order valence-corrected chi connectivity index (χ3v) is 0.707. The van der Waals surface area contributed by atoms with Crippen molar-refractivity contribution in [3.63, 3.8) is 0 Å². The minimum Gasteiger partial charge on any atom is -0.210 e. The minimum atomic E-state index is 1.34. The van der Waals surface area contributed by atoms with Crippen LogP contribution in [0, 0.1) is 5.53 Å². The molecule has 0 amide bonds. The van der Waals surface area contributed by atoms with Gasteiger partial charge in [0.05, 0.1) is 0 Å². The van der Waals surface area contributed by atoms with Crippen molar-refractivity contribution in [2.24, 2.45) is 5.11 Å². The average molecular weight is 116 g/mol. The van der Waals surface area contributed by atoms with Gasteiger partial charge in [0.15, 0.2) is 0 Å². The summed E-state index contributed by atoms with van der Waals surface area (Å²) in [5.74, 6) is 0. The molecule has 0 aliphatic carbocycles. The molecule has 8 heavy (non-hydrogen) atoms. The molecule has 0 bridgehead atoms. The van der Waals surface area contributed by atoms with Gasteiger partial charge in [0, 0.05) is 7.05 Å². The third-order valence-electron chi connectivity index (χ3n) is 0.707. The monoisotopic (exact) mass is 116 g/mol. The molecule has 2 heteroatoms. The van der Waals surface area contributed by atoms with Crippen LogP contribution in [0.2, 0.25) is 0 Å². The third kappa shape index (κ3) is 46.3. The average Bonchev–Trinajstić information content (AvgIpc) is 1.71. The predicted molar refractivity (Wildman–Crippen MR) is 36.3 cm³/mol. The van der Waals surface area contributed by atoms with E-state index in [1.807, 2.05) is 0 Å². The highest BCUT2D eigenvalue weighted by atomic mass is 14.9. The molecule has 0 heterocycles. The number of nitrogens with one attached hydrogen (secondary N) is 1. The van der Waals surface area contributed by atoms with Crippen molar-refractivity contribution in [2.75, 3.05) is 7.05 Å². The molecule has 50 valence electrons. The Labute approximate surface area is 51.8 Å². The molecule has 2 nitrogen and oxygen atoms in total. The topological polar surface area (TPSA) is 36.2 Å². The summed E-state index contributed by atoms with van der Waals surface area (Å²) >= 11 is 0. The van der Waals surface area contributed by atoms with Crippen LogP contribution in [0.1, 0.15) is 33.1 Å². The van der Waals surface area contributed by atoms with E-state index in [0.717, 1.165) is 0 Å². The Bertz CT molecular complexity index is 33.5. The molecule has 0 aromatic heterocycles. The van der Waals surface area contributed by atoms with Crippen LogP contribution in [0.25, 0.3) is 0 Å². The maximum Gasteiger partial charge on any atom is 0.0485 e. The van der Waals surface area contributed by atoms with E-state index in [0.29, 0.717) is 0 Å². The first-order valence-corrected chi connectivity index (χ1v) is 3.09. The van der Waals surface area contributed by atoms with Crippen LogP contribution in [0.15, 0.2) is 5.11 Å². The smallest absolute Gasteiger partial charge is 0.0485 e. The number of unbranched alkanes of at least 4 members (excludes halogenated alkanes) is 2. The van der Waals surface area contributed by atoms with Gasteiger partial charge in [0.25, 0.3) is 0 Å². The molecule has 0 aliphatic heterocycles. The van der Waals surface area contributed by atoms with Gasteiger partial charge < -0.3 is 0 Å². The molecule has 0 unspecified atom stereocenters. The molecule has 0 aliphatic rings. The van der Waals surface area contributed by atoms with Crippen molar-refractivity contribution < 1.29 is 0 Å². The summed E-state index contributed by atoms with van der Waals surface area (Å²) in [6, 6.07) is 0. The van der Waals surface area contributed by atoms with Crippen molar-refractivity contribution in [1.82, 2.24) is 0 Å². The van der Waals surface area contributed by atoms with Gasteiger partial charge in [-0.2, -0.15) is 0 Å². The largest absolute Gasteiger partial charge is 0.210 e. The Morgan fingerprint density at radius 2 is 1.50 bits per heavy atom. The van der Waals surface area contributed by atoms with Crippen LogP contribution in [0.3, 0.4) is 0 Å². The van der Waals surface area contributed by atoms with Gasteiger partial charge in [0.2, 0.25) is 0 Å². The van der Waals surface area contributed by atoms with Crippen LogP contribution < -0.4 is 0 Å². The number of rotatable bonds is 2. The SMILES string of the molecule is CCCCC.CN=N. The van der Waals surface area contributed by atoms with E-state index in [1.165, 1.54) is 26.3 Å². The summed E-state index contributed by atoms with van der Waals surface area (Å²) in [4.78, 5) is 0. The molecule has 0 aromatic carbocycles. The van der Waals surface area contributed by atoms with Gasteiger partial charge in [-0.05, 0) is 0 Å². The van der Waals surface area contributed by atoms with Gasteiger partial charge in [-0.1, -0.05) is 33.1 Å². The maximum atomic E-state index is 5.83. The quantitative estimate of drug-likeness (QED) is 0.538. The Hall–Kier alpha value is -0.400. The van der Waals surface area contributed by atoms with Crippen molar-refractivity contribution >= 4 is 0 Å². The maximum absolute atomic E-state index is 5.83. The predicted octanol–water partition coefficient (Wildman–Crippen LogP) is 2.84. The zero-order valence-electron chi connectivity index (χ0n) is 6.07. The highest BCUT2D eigenvalue weighted by molar-refractivity contribution is 4.24. The lowest BCUT2D eigenvalue weighted by molar-refractivity contribution is 0.772. The molecule has 0 radical (unpaired) electrons. The van der Waals surface area contributed by atoms with E-state index in [4.69, 9.17) is 5.53 Å². The molecular formula is C6H16N2. The molecule has 0 atom stereocenters. The lowest BCUT2D eigenvalue weighted by Gasteiger charge is -1.79. The lowest BCUT2D eigenvalue weighted by Crippen LogP contribution is -1.59. The van der Waals surface area contributed by atoms with E-state index >= 15 is 0 Å². The first-order chi connectivity index (χ1) is 3.83. The second-order valence-corrected chi connectivity index (χ2v) is 1.58. The summed E-state index contributed by atoms with van der Waals surface area (Å²) in [7, 11) is 1.42. The summed E-state index contributed by atoms with van der Waals surface area (Å²) in [6.07, 6.45) is 4.08. The van der Waals surface area contributed by atoms with Crippen LogP contribution >= 0.6 is 0 Å². The molecule has 0 spiro atoms. The molecule has 0 aromatic rings. The van der Waals surface area contributed by atoms with Crippen molar-refractivity contribution in [3.8, 4) is 0 Å². The molecule has 1 N–H and O–H groups in total. The van der Waals surface area contributed by atoms with E-state index in [9.17, 15) is 0 Å². The Kier molecular flexibility index (Phi) is 21.1. The summed E-state index contributed by atoms with van der Waals surface area (Å²) in [5, 5.41) is 2.75. The van der Waals surface area contributed by atoms with Gasteiger partial charge >= 0.3 is 0 Å². The minimum absolute atomic E-state index is 1.34. The van der Waals surface area contributed by atoms with Crippen molar-refractivity contribution in [3.05, 3.63) is 0 Å². The van der Waals surface area contributed by atoms with Crippen LogP contribution in [-0.2, 0) is 0 Å². The normalized spacial score (nSPS) is 6.88. The van der Waals surface area contributed by atoms with E-state index in [2.05, 4.69) is 19.0 Å². The van der Waals surface area contributed by atoms with E-state index in [-0.39, 0.29) is 0 Å². The lowest BCUT2D eigenvalue weighted by atomic mass is 10.3. The first-order valence-electron chi connectivity index (χ1n) is 3.09. The number of nitrogens with zero attached hydrogens (tertiary/aromatic N) is 1. The molecule has 0 saturated carbocycles. The first kappa shape index (κ1) is 10.6. The molecular weight excluding hydrogens is 100 g/mol. The van der Waals surface area contributed by atoms with E-state index < -0.39 is 0 Å². The van der Waals surface area contributed by atoms with Crippen molar-refractivity contribution in [2.45, 2.75) is 33.1 Å². The Morgan fingerprint density at radius 1 is 1.25 bits per heavy atom. The van der Waals surface area contributed by atoms with Crippen LogP contribution in [-0.4, -0.2) is 7.05 Å². The zero-order valence-corrected chi connectivity index (χ0v) is 6.07. The summed E-state index contributed by atoms with van der Waals surface area (Å²) in [6.45, 7) is 4.42. The number of hydrogen-bond donors (Lipinski definition) is 1. The zero-order chi connectivity index (χ0) is 6.83. The van der Waals surface area contributed by atoms with E-state index in [1.54, 1.807) is 0 Å². The molecule has 0 fully saturated rings. The summed E-state index contributed by atoms with van der Waals surface area (Å²) < 4.78 is 0. The highest BCUT2D eigenvalue weighted by Gasteiger charge is 1.68. The number of hydrogen-bond acceptors (Lipinski definition) is 2. The second kappa shape index (κ2) is 16.0. The van der Waals surface area contributed by atoms with Gasteiger partial charge in [-0.15, -0.1) is 0 Å². The Balaban J connectivity index is 0. The van der Waals surface area contributed by atoms with Crippen LogP contribution in [0.5, 0.6) is 0 Å². The van der Waals surface area contributed by atoms with Crippen LogP contribution in [0.4, 0.5) is 0 Å². The molecule has 0 saturated heterocycles. The van der Waals surface area contributed by atoms with Gasteiger partial charge in [-0.25, -0.2) is 10.6 Å². The fourth-order valence-corrected chi connectivity index (χ4v) is 0.354. The highest BCUT2D eigenvalue weighted by Crippen LogP contribution is 1.88. The van der Waals surface area contributed by atoms with Gasteiger partial charge in [0.1, 0.15) is 0 Å². The molecule has 0 rings (SSSR count). The fourth-order valence-electron chi connectivity index (χ4n) is 0.354. The standard InChI is InChI=1S/C5H12.CH4N2/c1-3-5-4-2;1-3-2/h3-5H2,1-2H3;2H,1H3.